The fourth-order valence-corrected chi connectivity index (χ4v) is 2.06. The maximum absolute atomic E-state index is 11.8. The number of rotatable bonds is 4. The van der Waals surface area contributed by atoms with Crippen molar-refractivity contribution < 1.29 is 4.79 Å². The lowest BCUT2D eigenvalue weighted by atomic mass is 9.92. The van der Waals surface area contributed by atoms with Crippen molar-refractivity contribution in [2.24, 2.45) is 12.5 Å². The van der Waals surface area contributed by atoms with Crippen LogP contribution in [0, 0.1) is 5.41 Å². The highest BCUT2D eigenvalue weighted by Gasteiger charge is 2.15. The van der Waals surface area contributed by atoms with Crippen molar-refractivity contribution in [3.8, 4) is 11.1 Å². The minimum Gasteiger partial charge on any atom is -0.352 e. The molecule has 0 aliphatic heterocycles. The molecular formula is C16H22N4O. The molecule has 2 aromatic heterocycles. The summed E-state index contributed by atoms with van der Waals surface area (Å²) >= 11 is 0. The molecule has 2 rings (SSSR count). The maximum atomic E-state index is 11.8. The largest absolute Gasteiger partial charge is 0.352 e. The lowest BCUT2D eigenvalue weighted by Crippen LogP contribution is -2.27. The average molecular weight is 286 g/mol. The third-order valence-electron chi connectivity index (χ3n) is 3.01. The van der Waals surface area contributed by atoms with Gasteiger partial charge in [-0.25, -0.2) is 0 Å². The van der Waals surface area contributed by atoms with Gasteiger partial charge in [0.2, 0.25) is 5.91 Å². The van der Waals surface area contributed by atoms with E-state index in [-0.39, 0.29) is 11.3 Å². The van der Waals surface area contributed by atoms with Crippen LogP contribution >= 0.6 is 0 Å². The van der Waals surface area contributed by atoms with Gasteiger partial charge in [-0.2, -0.15) is 5.10 Å². The van der Waals surface area contributed by atoms with Gasteiger partial charge in [0.05, 0.1) is 6.20 Å². The number of hydrogen-bond donors (Lipinski definition) is 1. The van der Waals surface area contributed by atoms with Gasteiger partial charge in [-0.3, -0.25) is 14.5 Å². The van der Waals surface area contributed by atoms with E-state index in [1.807, 2.05) is 19.3 Å². The zero-order chi connectivity index (χ0) is 15.5. The fraction of sp³-hybridized carbons (Fsp3) is 0.438. The number of hydrogen-bond acceptors (Lipinski definition) is 3. The molecule has 0 atom stereocenters. The zero-order valence-electron chi connectivity index (χ0n) is 13.1. The highest BCUT2D eigenvalue weighted by atomic mass is 16.1. The summed E-state index contributed by atoms with van der Waals surface area (Å²) in [7, 11) is 1.88. The Labute approximate surface area is 125 Å². The monoisotopic (exact) mass is 286 g/mol. The highest BCUT2D eigenvalue weighted by Crippen LogP contribution is 2.19. The summed E-state index contributed by atoms with van der Waals surface area (Å²) in [6.07, 6.45) is 7.84. The van der Waals surface area contributed by atoms with Crippen LogP contribution in [0.25, 0.3) is 11.1 Å². The number of pyridine rings is 1. The third kappa shape index (κ3) is 4.70. The molecule has 0 aliphatic carbocycles. The van der Waals surface area contributed by atoms with E-state index in [2.05, 4.69) is 36.2 Å². The predicted molar refractivity (Wildman–Crippen MR) is 82.4 cm³/mol. The van der Waals surface area contributed by atoms with Gasteiger partial charge < -0.3 is 5.32 Å². The van der Waals surface area contributed by atoms with E-state index in [1.165, 1.54) is 0 Å². The normalized spacial score (nSPS) is 11.4. The minimum absolute atomic E-state index is 0.000110. The van der Waals surface area contributed by atoms with Gasteiger partial charge in [0.1, 0.15) is 0 Å². The second-order valence-electron chi connectivity index (χ2n) is 6.50. The number of carbonyl (C=O) groups is 1. The van der Waals surface area contributed by atoms with E-state index in [4.69, 9.17) is 0 Å². The summed E-state index contributed by atoms with van der Waals surface area (Å²) in [6, 6.07) is 2.03. The zero-order valence-corrected chi connectivity index (χ0v) is 13.1. The van der Waals surface area contributed by atoms with Crippen LogP contribution in [0.3, 0.4) is 0 Å². The second kappa shape index (κ2) is 6.08. The molecule has 0 aliphatic rings. The summed E-state index contributed by atoms with van der Waals surface area (Å²) in [6.45, 7) is 6.65. The summed E-state index contributed by atoms with van der Waals surface area (Å²) in [4.78, 5) is 16.1. The molecule has 2 heterocycles. The topological polar surface area (TPSA) is 59.8 Å². The Kier molecular flexibility index (Phi) is 4.40. The summed E-state index contributed by atoms with van der Waals surface area (Å²) in [5.41, 5.74) is 3.01. The average Bonchev–Trinajstić information content (AvgIpc) is 2.82. The van der Waals surface area contributed by atoms with Crippen LogP contribution in [0.2, 0.25) is 0 Å². The third-order valence-corrected chi connectivity index (χ3v) is 3.01. The van der Waals surface area contributed by atoms with Gasteiger partial charge in [0, 0.05) is 49.7 Å². The van der Waals surface area contributed by atoms with E-state index >= 15 is 0 Å². The molecular weight excluding hydrogens is 264 g/mol. The molecule has 0 radical (unpaired) electrons. The van der Waals surface area contributed by atoms with Gasteiger partial charge >= 0.3 is 0 Å². The van der Waals surface area contributed by atoms with Crippen molar-refractivity contribution in [2.45, 2.75) is 33.7 Å². The van der Waals surface area contributed by atoms with Crippen molar-refractivity contribution in [3.05, 3.63) is 36.4 Å². The van der Waals surface area contributed by atoms with Gasteiger partial charge in [-0.15, -0.1) is 0 Å². The SMILES string of the molecule is Cn1cc(-c2cncc(CNC(=O)CC(C)(C)C)c2)cn1. The van der Waals surface area contributed by atoms with Crippen LogP contribution < -0.4 is 5.32 Å². The summed E-state index contributed by atoms with van der Waals surface area (Å²) in [5.74, 6) is 0.0641. The molecule has 1 N–H and O–H groups in total. The highest BCUT2D eigenvalue weighted by molar-refractivity contribution is 5.76. The van der Waals surface area contributed by atoms with Gasteiger partial charge in [-0.1, -0.05) is 20.8 Å². The number of carbonyl (C=O) groups excluding carboxylic acids is 1. The van der Waals surface area contributed by atoms with E-state index in [0.717, 1.165) is 16.7 Å². The fourth-order valence-electron chi connectivity index (χ4n) is 2.06. The summed E-state index contributed by atoms with van der Waals surface area (Å²) < 4.78 is 1.76. The molecule has 5 heteroatoms. The molecule has 0 spiro atoms. The van der Waals surface area contributed by atoms with Crippen LogP contribution in [-0.4, -0.2) is 20.7 Å². The number of aromatic nitrogens is 3. The van der Waals surface area contributed by atoms with Crippen LogP contribution in [0.5, 0.6) is 0 Å². The van der Waals surface area contributed by atoms with Crippen LogP contribution in [0.1, 0.15) is 32.8 Å². The predicted octanol–water partition coefficient (Wildman–Crippen LogP) is 2.53. The number of amides is 1. The van der Waals surface area contributed by atoms with Crippen LogP contribution in [0.4, 0.5) is 0 Å². The van der Waals surface area contributed by atoms with Crippen molar-refractivity contribution in [1.82, 2.24) is 20.1 Å². The van der Waals surface area contributed by atoms with Gasteiger partial charge in [0.15, 0.2) is 0 Å². The van der Waals surface area contributed by atoms with Crippen molar-refractivity contribution in [2.75, 3.05) is 0 Å². The van der Waals surface area contributed by atoms with Crippen LogP contribution in [-0.2, 0) is 18.4 Å². The molecule has 0 saturated carbocycles. The van der Waals surface area contributed by atoms with E-state index in [9.17, 15) is 4.79 Å². The quantitative estimate of drug-likeness (QED) is 0.939. The molecule has 21 heavy (non-hydrogen) atoms. The van der Waals surface area contributed by atoms with Gasteiger partial charge in [-0.05, 0) is 17.0 Å². The second-order valence-corrected chi connectivity index (χ2v) is 6.50. The Balaban J connectivity index is 2.00. The van der Waals surface area contributed by atoms with Crippen molar-refractivity contribution in [1.29, 1.82) is 0 Å². The Hall–Kier alpha value is -2.17. The molecule has 5 nitrogen and oxygen atoms in total. The first kappa shape index (κ1) is 15.2. The van der Waals surface area contributed by atoms with E-state index in [0.29, 0.717) is 13.0 Å². The Morgan fingerprint density at radius 3 is 2.62 bits per heavy atom. The van der Waals surface area contributed by atoms with Crippen molar-refractivity contribution >= 4 is 5.91 Å². The standard InChI is InChI=1S/C16H22N4O/c1-16(2,3)6-15(21)18-8-12-5-13(9-17-7-12)14-10-19-20(4)11-14/h5,7,9-11H,6,8H2,1-4H3,(H,18,21). The lowest BCUT2D eigenvalue weighted by molar-refractivity contribution is -0.122. The molecule has 1 amide bonds. The molecule has 0 saturated heterocycles. The first-order valence-corrected chi connectivity index (χ1v) is 7.03. The van der Waals surface area contributed by atoms with Gasteiger partial charge in [0.25, 0.3) is 0 Å². The maximum Gasteiger partial charge on any atom is 0.220 e. The Morgan fingerprint density at radius 1 is 1.24 bits per heavy atom. The smallest absolute Gasteiger partial charge is 0.220 e. The first-order valence-electron chi connectivity index (χ1n) is 7.03. The molecule has 0 fully saturated rings. The summed E-state index contributed by atoms with van der Waals surface area (Å²) in [5, 5.41) is 7.10. The molecule has 0 unspecified atom stereocenters. The molecule has 112 valence electrons. The lowest BCUT2D eigenvalue weighted by Gasteiger charge is -2.17. The molecule has 0 aromatic carbocycles. The Bertz CT molecular complexity index is 625. The number of nitrogens with one attached hydrogen (secondary N) is 1. The Morgan fingerprint density at radius 2 is 2.00 bits per heavy atom. The molecule has 2 aromatic rings. The van der Waals surface area contributed by atoms with Crippen LogP contribution in [0.15, 0.2) is 30.9 Å². The minimum atomic E-state index is -0.000110. The van der Waals surface area contributed by atoms with E-state index < -0.39 is 0 Å². The van der Waals surface area contributed by atoms with Crippen molar-refractivity contribution in [3.63, 3.8) is 0 Å². The molecule has 0 bridgehead atoms. The first-order chi connectivity index (χ1) is 9.83. The van der Waals surface area contributed by atoms with E-state index in [1.54, 1.807) is 23.3 Å². The number of nitrogens with zero attached hydrogens (tertiary/aromatic N) is 3. The number of aryl methyl sites for hydroxylation is 1.